The zero-order valence-corrected chi connectivity index (χ0v) is 15.5. The van der Waals surface area contributed by atoms with Crippen molar-refractivity contribution in [2.75, 3.05) is 25.0 Å². The topological polar surface area (TPSA) is 78.4 Å². The van der Waals surface area contributed by atoms with Crippen molar-refractivity contribution in [1.29, 1.82) is 0 Å². The van der Waals surface area contributed by atoms with Crippen molar-refractivity contribution in [3.63, 3.8) is 0 Å². The van der Waals surface area contributed by atoms with Gasteiger partial charge >= 0.3 is 0 Å². The first-order chi connectivity index (χ1) is 12.2. The minimum atomic E-state index is -0.170. The molecule has 0 saturated heterocycles. The van der Waals surface area contributed by atoms with Crippen LogP contribution in [-0.4, -0.2) is 36.5 Å². The number of aromatic nitrogens is 1. The first-order valence-electron chi connectivity index (χ1n) is 8.41. The maximum absolute atomic E-state index is 12.0. The average Bonchev–Trinajstić information content (AvgIpc) is 3.11. The third kappa shape index (κ3) is 7.34. The minimum absolute atomic E-state index is 0.0591. The Hall–Kier alpha value is -2.41. The summed E-state index contributed by atoms with van der Waals surface area (Å²) in [6.07, 6.45) is 4.31. The number of hydrogen-bond donors (Lipinski definition) is 3. The van der Waals surface area contributed by atoms with Crippen LogP contribution in [0.4, 0.5) is 5.69 Å². The molecule has 3 N–H and O–H groups in total. The standard InChI is InChI=1S/C18H25N5OS/c1-3-20-18(21-11-14(2)10-16-7-5-9-25-16)22-13-17(24)23-15-6-4-8-19-12-15/h4-9,12,14H,3,10-11,13H2,1-2H3,(H,23,24)(H2,20,21,22). The highest BCUT2D eigenvalue weighted by Crippen LogP contribution is 2.13. The number of thiophene rings is 1. The van der Waals surface area contributed by atoms with E-state index in [4.69, 9.17) is 0 Å². The van der Waals surface area contributed by atoms with Crippen molar-refractivity contribution in [2.24, 2.45) is 10.9 Å². The lowest BCUT2D eigenvalue weighted by Gasteiger charge is -2.15. The van der Waals surface area contributed by atoms with Gasteiger partial charge in [0.2, 0.25) is 5.91 Å². The van der Waals surface area contributed by atoms with Gasteiger partial charge in [-0.1, -0.05) is 13.0 Å². The van der Waals surface area contributed by atoms with Crippen molar-refractivity contribution >= 4 is 28.9 Å². The summed E-state index contributed by atoms with van der Waals surface area (Å²) in [6, 6.07) is 7.81. The van der Waals surface area contributed by atoms with Crippen LogP contribution in [0.2, 0.25) is 0 Å². The molecule has 0 spiro atoms. The van der Waals surface area contributed by atoms with Crippen molar-refractivity contribution < 1.29 is 4.79 Å². The van der Waals surface area contributed by atoms with Gasteiger partial charge in [0, 0.05) is 24.2 Å². The molecule has 0 aliphatic rings. The van der Waals surface area contributed by atoms with Crippen LogP contribution >= 0.6 is 11.3 Å². The SMILES string of the molecule is CCNC(=NCC(=O)Nc1cccnc1)NCC(C)Cc1cccs1. The van der Waals surface area contributed by atoms with Crippen molar-refractivity contribution in [3.8, 4) is 0 Å². The average molecular weight is 359 g/mol. The lowest BCUT2D eigenvalue weighted by molar-refractivity contribution is -0.114. The molecular formula is C18H25N5OS. The summed E-state index contributed by atoms with van der Waals surface area (Å²) in [5, 5.41) is 11.3. The van der Waals surface area contributed by atoms with Crippen LogP contribution in [0.25, 0.3) is 0 Å². The molecule has 2 rings (SSSR count). The number of rotatable bonds is 8. The minimum Gasteiger partial charge on any atom is -0.357 e. The van der Waals surface area contributed by atoms with Gasteiger partial charge in [0.1, 0.15) is 6.54 Å². The number of nitrogens with one attached hydrogen (secondary N) is 3. The summed E-state index contributed by atoms with van der Waals surface area (Å²) in [7, 11) is 0. The Labute approximate surface area is 152 Å². The van der Waals surface area contributed by atoms with Crippen LogP contribution in [0.5, 0.6) is 0 Å². The summed E-state index contributed by atoms with van der Waals surface area (Å²) in [5.41, 5.74) is 0.672. The van der Waals surface area contributed by atoms with Gasteiger partial charge in [-0.3, -0.25) is 9.78 Å². The monoisotopic (exact) mass is 359 g/mol. The second-order valence-corrected chi connectivity index (χ2v) is 6.79. The Balaban J connectivity index is 1.79. The lowest BCUT2D eigenvalue weighted by Crippen LogP contribution is -2.40. The van der Waals surface area contributed by atoms with E-state index in [1.54, 1.807) is 35.9 Å². The van der Waals surface area contributed by atoms with Gasteiger partial charge in [0.25, 0.3) is 0 Å². The zero-order valence-electron chi connectivity index (χ0n) is 14.7. The normalized spacial score (nSPS) is 12.5. The molecule has 1 unspecified atom stereocenters. The molecule has 0 aliphatic heterocycles. The van der Waals surface area contributed by atoms with Gasteiger partial charge < -0.3 is 16.0 Å². The largest absolute Gasteiger partial charge is 0.357 e. The van der Waals surface area contributed by atoms with Gasteiger partial charge in [-0.2, -0.15) is 0 Å². The number of pyridine rings is 1. The Morgan fingerprint density at radius 1 is 1.32 bits per heavy atom. The number of carbonyl (C=O) groups excluding carboxylic acids is 1. The first-order valence-corrected chi connectivity index (χ1v) is 9.29. The van der Waals surface area contributed by atoms with Gasteiger partial charge in [0.05, 0.1) is 11.9 Å². The predicted octanol–water partition coefficient (Wildman–Crippen LogP) is 2.52. The van der Waals surface area contributed by atoms with Crippen LogP contribution in [0.15, 0.2) is 47.0 Å². The zero-order chi connectivity index (χ0) is 17.9. The molecule has 0 bridgehead atoms. The molecule has 1 amide bonds. The van der Waals surface area contributed by atoms with Gasteiger partial charge in [-0.25, -0.2) is 4.99 Å². The molecule has 0 aliphatic carbocycles. The fourth-order valence-electron chi connectivity index (χ4n) is 2.25. The smallest absolute Gasteiger partial charge is 0.246 e. The summed E-state index contributed by atoms with van der Waals surface area (Å²) in [4.78, 5) is 21.7. The van der Waals surface area contributed by atoms with Crippen LogP contribution in [0, 0.1) is 5.92 Å². The number of hydrogen-bond acceptors (Lipinski definition) is 4. The Morgan fingerprint density at radius 3 is 2.88 bits per heavy atom. The van der Waals surface area contributed by atoms with E-state index in [1.807, 2.05) is 6.92 Å². The third-order valence-corrected chi connectivity index (χ3v) is 4.32. The lowest BCUT2D eigenvalue weighted by atomic mass is 10.1. The molecule has 0 aromatic carbocycles. The number of nitrogens with zero attached hydrogens (tertiary/aromatic N) is 2. The van der Waals surface area contributed by atoms with Crippen molar-refractivity contribution in [1.82, 2.24) is 15.6 Å². The molecule has 2 aromatic heterocycles. The molecule has 7 heteroatoms. The van der Waals surface area contributed by atoms with E-state index in [1.165, 1.54) is 4.88 Å². The Kier molecular flexibility index (Phi) is 7.91. The molecule has 6 nitrogen and oxygen atoms in total. The van der Waals surface area contributed by atoms with Crippen LogP contribution in [0.1, 0.15) is 18.7 Å². The maximum Gasteiger partial charge on any atom is 0.246 e. The number of anilines is 1. The highest BCUT2D eigenvalue weighted by atomic mass is 32.1. The van der Waals surface area contributed by atoms with Crippen LogP contribution < -0.4 is 16.0 Å². The van der Waals surface area contributed by atoms with Crippen LogP contribution in [0.3, 0.4) is 0 Å². The highest BCUT2D eigenvalue weighted by Gasteiger charge is 2.07. The van der Waals surface area contributed by atoms with Gasteiger partial charge in [-0.05, 0) is 42.8 Å². The molecule has 0 saturated carbocycles. The molecular weight excluding hydrogens is 334 g/mol. The van der Waals surface area contributed by atoms with E-state index in [0.717, 1.165) is 19.5 Å². The third-order valence-electron chi connectivity index (χ3n) is 3.42. The molecule has 2 aromatic rings. The number of amides is 1. The second kappa shape index (κ2) is 10.5. The van der Waals surface area contributed by atoms with Crippen LogP contribution in [-0.2, 0) is 11.2 Å². The first kappa shape index (κ1) is 18.9. The van der Waals surface area contributed by atoms with E-state index >= 15 is 0 Å². The summed E-state index contributed by atoms with van der Waals surface area (Å²) in [6.45, 7) is 5.81. The Bertz CT molecular complexity index is 657. The van der Waals surface area contributed by atoms with E-state index in [2.05, 4.69) is 50.4 Å². The van der Waals surface area contributed by atoms with Crippen molar-refractivity contribution in [3.05, 3.63) is 46.9 Å². The maximum atomic E-state index is 12.0. The van der Waals surface area contributed by atoms with E-state index < -0.39 is 0 Å². The number of carbonyl (C=O) groups is 1. The summed E-state index contributed by atoms with van der Waals surface area (Å²) >= 11 is 1.78. The molecule has 134 valence electrons. The van der Waals surface area contributed by atoms with E-state index in [0.29, 0.717) is 17.6 Å². The number of aliphatic imine (C=N–C) groups is 1. The predicted molar refractivity (Wildman–Crippen MR) is 104 cm³/mol. The number of guanidine groups is 1. The fraction of sp³-hybridized carbons (Fsp3) is 0.389. The highest BCUT2D eigenvalue weighted by molar-refractivity contribution is 7.09. The summed E-state index contributed by atoms with van der Waals surface area (Å²) < 4.78 is 0. The molecule has 0 fully saturated rings. The quantitative estimate of drug-likeness (QED) is 0.500. The van der Waals surface area contributed by atoms with Crippen molar-refractivity contribution in [2.45, 2.75) is 20.3 Å². The Morgan fingerprint density at radius 2 is 2.20 bits per heavy atom. The fourth-order valence-corrected chi connectivity index (χ4v) is 3.11. The molecule has 0 radical (unpaired) electrons. The molecule has 25 heavy (non-hydrogen) atoms. The summed E-state index contributed by atoms with van der Waals surface area (Å²) in [5.74, 6) is 0.963. The van der Waals surface area contributed by atoms with E-state index in [9.17, 15) is 4.79 Å². The van der Waals surface area contributed by atoms with Gasteiger partial charge in [0.15, 0.2) is 5.96 Å². The van der Waals surface area contributed by atoms with Gasteiger partial charge in [-0.15, -0.1) is 11.3 Å². The molecule has 1 atom stereocenters. The second-order valence-electron chi connectivity index (χ2n) is 5.75. The van der Waals surface area contributed by atoms with E-state index in [-0.39, 0.29) is 12.5 Å². The molecule has 2 heterocycles.